The molecule has 0 unspecified atom stereocenters. The van der Waals surface area contributed by atoms with Crippen LogP contribution in [0.1, 0.15) is 29.7 Å². The number of rotatable bonds is 5. The molecule has 0 radical (unpaired) electrons. The zero-order valence-corrected chi connectivity index (χ0v) is 16.8. The highest BCUT2D eigenvalue weighted by Crippen LogP contribution is 2.41. The lowest BCUT2D eigenvalue weighted by molar-refractivity contribution is -0.140. The van der Waals surface area contributed by atoms with E-state index in [9.17, 15) is 19.8 Å². The Kier molecular flexibility index (Phi) is 5.22. The van der Waals surface area contributed by atoms with Crippen LogP contribution < -0.4 is 4.74 Å². The molecule has 1 amide bonds. The number of carbonyl (C=O) groups is 2. The van der Waals surface area contributed by atoms with Crippen LogP contribution >= 0.6 is 0 Å². The minimum atomic E-state index is -0.823. The number of Topliss-reactive ketones (excluding diaryl/α,β-unsaturated/α-hetero) is 1. The second-order valence-electron chi connectivity index (χ2n) is 7.54. The highest BCUT2D eigenvalue weighted by Gasteiger charge is 2.46. The lowest BCUT2D eigenvalue weighted by atomic mass is 9.94. The highest BCUT2D eigenvalue weighted by atomic mass is 16.5. The van der Waals surface area contributed by atoms with Crippen molar-refractivity contribution in [3.63, 3.8) is 0 Å². The number of fused-ring (bicyclic) bond motifs is 1. The molecule has 4 rings (SSSR count). The van der Waals surface area contributed by atoms with Gasteiger partial charge >= 0.3 is 0 Å². The molecule has 2 heterocycles. The van der Waals surface area contributed by atoms with Crippen molar-refractivity contribution in [1.82, 2.24) is 4.90 Å². The molecule has 0 aromatic heterocycles. The number of methoxy groups -OCH3 is 1. The summed E-state index contributed by atoms with van der Waals surface area (Å²) in [5, 5.41) is 21.0. The first-order valence-corrected chi connectivity index (χ1v) is 9.77. The van der Waals surface area contributed by atoms with Crippen LogP contribution in [0.2, 0.25) is 0 Å². The first kappa shape index (κ1) is 20.0. The van der Waals surface area contributed by atoms with Gasteiger partial charge in [0.1, 0.15) is 23.4 Å². The Morgan fingerprint density at radius 1 is 1.23 bits per heavy atom. The highest BCUT2D eigenvalue weighted by molar-refractivity contribution is 6.46. The summed E-state index contributed by atoms with van der Waals surface area (Å²) in [5.74, 6) is -0.955. The molecule has 2 N–H and O–H groups in total. The number of benzene rings is 2. The third-order valence-corrected chi connectivity index (χ3v) is 5.43. The van der Waals surface area contributed by atoms with Crippen molar-refractivity contribution in [2.45, 2.75) is 25.5 Å². The molecule has 7 heteroatoms. The second-order valence-corrected chi connectivity index (χ2v) is 7.54. The third-order valence-electron chi connectivity index (χ3n) is 5.43. The summed E-state index contributed by atoms with van der Waals surface area (Å²) in [6.07, 6.45) is 0.749. The molecule has 2 aromatic rings. The third kappa shape index (κ3) is 3.41. The van der Waals surface area contributed by atoms with Crippen molar-refractivity contribution < 1.29 is 29.3 Å². The predicted molar refractivity (Wildman–Crippen MR) is 109 cm³/mol. The quantitative estimate of drug-likeness (QED) is 0.448. The number of phenolic OH excluding ortho intramolecular Hbond substituents is 1. The number of aliphatic hydroxyl groups excluding tert-OH is 1. The van der Waals surface area contributed by atoms with E-state index in [1.54, 1.807) is 30.3 Å². The van der Waals surface area contributed by atoms with Crippen molar-refractivity contribution in [3.05, 3.63) is 64.7 Å². The van der Waals surface area contributed by atoms with Gasteiger partial charge < -0.3 is 24.6 Å². The van der Waals surface area contributed by atoms with E-state index in [0.717, 1.165) is 11.3 Å². The van der Waals surface area contributed by atoms with Crippen LogP contribution in [0, 0.1) is 0 Å². The molecular weight excluding hydrogens is 386 g/mol. The summed E-state index contributed by atoms with van der Waals surface area (Å²) in [6, 6.07) is 10.7. The minimum Gasteiger partial charge on any atom is -0.508 e. The van der Waals surface area contributed by atoms with Crippen molar-refractivity contribution in [2.75, 3.05) is 20.3 Å². The van der Waals surface area contributed by atoms with Crippen LogP contribution in [-0.4, -0.2) is 53.2 Å². The predicted octanol–water partition coefficient (Wildman–Crippen LogP) is 2.78. The van der Waals surface area contributed by atoms with E-state index in [1.165, 1.54) is 24.1 Å². The van der Waals surface area contributed by atoms with Gasteiger partial charge in [0.2, 0.25) is 0 Å². The van der Waals surface area contributed by atoms with E-state index in [1.807, 2.05) is 6.92 Å². The number of nitrogens with zero attached hydrogens (tertiary/aromatic N) is 1. The van der Waals surface area contributed by atoms with Crippen LogP contribution in [0.5, 0.6) is 11.5 Å². The fourth-order valence-electron chi connectivity index (χ4n) is 4.07. The molecule has 0 spiro atoms. The molecule has 156 valence electrons. The van der Waals surface area contributed by atoms with Crippen LogP contribution in [0.15, 0.2) is 48.0 Å². The molecule has 2 aromatic carbocycles. The Bertz CT molecular complexity index is 1040. The maximum absolute atomic E-state index is 12.9. The van der Waals surface area contributed by atoms with E-state index in [-0.39, 0.29) is 36.3 Å². The normalized spacial score (nSPS) is 22.3. The Hall–Kier alpha value is -3.32. The largest absolute Gasteiger partial charge is 0.508 e. The number of aliphatic hydroxyl groups is 1. The molecule has 7 nitrogen and oxygen atoms in total. The topological polar surface area (TPSA) is 96.3 Å². The van der Waals surface area contributed by atoms with Gasteiger partial charge in [-0.1, -0.05) is 12.1 Å². The number of ketones is 1. The number of likely N-dealkylation sites (tertiary alicyclic amines) is 1. The van der Waals surface area contributed by atoms with Crippen LogP contribution in [0.25, 0.3) is 5.76 Å². The van der Waals surface area contributed by atoms with Gasteiger partial charge in [0.05, 0.1) is 18.2 Å². The minimum absolute atomic E-state index is 0.00591. The number of amides is 1. The van der Waals surface area contributed by atoms with Crippen molar-refractivity contribution in [1.29, 1.82) is 0 Å². The van der Waals surface area contributed by atoms with Gasteiger partial charge in [0.25, 0.3) is 11.7 Å². The Balaban J connectivity index is 1.83. The Morgan fingerprint density at radius 2 is 2.03 bits per heavy atom. The smallest absolute Gasteiger partial charge is 0.295 e. The van der Waals surface area contributed by atoms with Gasteiger partial charge in [-0.2, -0.15) is 0 Å². The maximum atomic E-state index is 12.9. The molecule has 0 saturated carbocycles. The number of carbonyl (C=O) groups excluding carboxylic acids is 2. The monoisotopic (exact) mass is 409 g/mol. The first-order chi connectivity index (χ1) is 14.4. The van der Waals surface area contributed by atoms with Crippen molar-refractivity contribution >= 4 is 17.4 Å². The average Bonchev–Trinajstić information content (AvgIpc) is 3.22. The zero-order chi connectivity index (χ0) is 21.4. The maximum Gasteiger partial charge on any atom is 0.295 e. The number of phenols is 1. The van der Waals surface area contributed by atoms with Crippen molar-refractivity contribution in [3.8, 4) is 11.5 Å². The Labute approximate surface area is 174 Å². The van der Waals surface area contributed by atoms with Crippen LogP contribution in [0.3, 0.4) is 0 Å². The van der Waals surface area contributed by atoms with E-state index >= 15 is 0 Å². The molecule has 0 aliphatic carbocycles. The van der Waals surface area contributed by atoms with Gasteiger partial charge in [0.15, 0.2) is 0 Å². The van der Waals surface area contributed by atoms with Crippen LogP contribution in [-0.2, 0) is 20.7 Å². The second kappa shape index (κ2) is 7.84. The molecular formula is C23H23NO6. The van der Waals surface area contributed by atoms with E-state index in [0.29, 0.717) is 17.5 Å². The standard InChI is InChI=1S/C23H23NO6/c1-13-10-16-11-15(6-7-18(16)30-13)21(26)19-20(14-4-3-5-17(25)12-14)24(8-9-29-2)23(28)22(19)27/h3-7,11-13,20,25-26H,8-10H2,1-2H3/t13-,20+/m0/s1. The van der Waals surface area contributed by atoms with Crippen molar-refractivity contribution in [2.24, 2.45) is 0 Å². The summed E-state index contributed by atoms with van der Waals surface area (Å²) < 4.78 is 10.8. The molecule has 2 aliphatic rings. The summed E-state index contributed by atoms with van der Waals surface area (Å²) in [4.78, 5) is 27.0. The molecule has 2 atom stereocenters. The number of hydrogen-bond donors (Lipinski definition) is 2. The SMILES string of the molecule is COCCN1C(=O)C(=O)C(=C(O)c2ccc3c(c2)C[C@H](C)O3)[C@H]1c1cccc(O)c1. The zero-order valence-electron chi connectivity index (χ0n) is 16.8. The fourth-order valence-corrected chi connectivity index (χ4v) is 4.07. The van der Waals surface area contributed by atoms with Crippen LogP contribution in [0.4, 0.5) is 0 Å². The molecule has 0 bridgehead atoms. The molecule has 2 aliphatic heterocycles. The number of ether oxygens (including phenoxy) is 2. The molecule has 1 saturated heterocycles. The first-order valence-electron chi connectivity index (χ1n) is 9.77. The van der Waals surface area contributed by atoms with Gasteiger partial charge in [-0.25, -0.2) is 0 Å². The summed E-state index contributed by atoms with van der Waals surface area (Å²) in [5.41, 5.74) is 1.91. The van der Waals surface area contributed by atoms with E-state index in [4.69, 9.17) is 9.47 Å². The van der Waals surface area contributed by atoms with Gasteiger partial charge in [0, 0.05) is 25.6 Å². The fraction of sp³-hybridized carbons (Fsp3) is 0.304. The van der Waals surface area contributed by atoms with Gasteiger partial charge in [-0.15, -0.1) is 0 Å². The van der Waals surface area contributed by atoms with E-state index in [2.05, 4.69) is 0 Å². The summed E-state index contributed by atoms with van der Waals surface area (Å²) >= 11 is 0. The summed E-state index contributed by atoms with van der Waals surface area (Å²) in [6.45, 7) is 2.37. The summed E-state index contributed by atoms with van der Waals surface area (Å²) in [7, 11) is 1.51. The molecule has 1 fully saturated rings. The average molecular weight is 409 g/mol. The number of aromatic hydroxyl groups is 1. The Morgan fingerprint density at radius 3 is 2.77 bits per heavy atom. The van der Waals surface area contributed by atoms with Gasteiger partial charge in [-0.05, 0) is 48.4 Å². The number of hydrogen-bond acceptors (Lipinski definition) is 6. The van der Waals surface area contributed by atoms with E-state index < -0.39 is 17.7 Å². The molecule has 30 heavy (non-hydrogen) atoms. The van der Waals surface area contributed by atoms with Gasteiger partial charge in [-0.3, -0.25) is 9.59 Å². The lowest BCUT2D eigenvalue weighted by Gasteiger charge is -2.25. The lowest BCUT2D eigenvalue weighted by Crippen LogP contribution is -2.32.